The smallest absolute Gasteiger partial charge is 0.0366 e. The number of nitrogens with zero attached hydrogens (tertiary/aromatic N) is 2. The van der Waals surface area contributed by atoms with Crippen LogP contribution < -0.4 is 9.80 Å². The van der Waals surface area contributed by atoms with E-state index in [1.165, 1.54) is 107 Å². The summed E-state index contributed by atoms with van der Waals surface area (Å²) in [6.45, 7) is 13.6. The summed E-state index contributed by atoms with van der Waals surface area (Å²) in [7, 11) is 0. The van der Waals surface area contributed by atoms with Crippen LogP contribution in [0.4, 0.5) is 11.4 Å². The van der Waals surface area contributed by atoms with E-state index in [1.807, 2.05) is 0 Å². The Bertz CT molecular complexity index is 1560. The minimum Gasteiger partial charge on any atom is -0.372 e. The third-order valence-corrected chi connectivity index (χ3v) is 9.54. The van der Waals surface area contributed by atoms with Gasteiger partial charge in [-0.2, -0.15) is 0 Å². The predicted octanol–water partition coefficient (Wildman–Crippen LogP) is 13.1. The van der Waals surface area contributed by atoms with Crippen LogP contribution in [0.25, 0.3) is 45.8 Å². The van der Waals surface area contributed by atoms with E-state index in [-0.39, 0.29) is 0 Å². The minimum atomic E-state index is 1.13. The summed E-state index contributed by atoms with van der Waals surface area (Å²) in [4.78, 5) is 5.11. The Labute approximate surface area is 290 Å². The Hall–Kier alpha value is -4.30. The predicted molar refractivity (Wildman–Crippen MR) is 216 cm³/mol. The zero-order valence-electron chi connectivity index (χ0n) is 29.9. The van der Waals surface area contributed by atoms with Crippen LogP contribution in [-0.4, -0.2) is 26.2 Å². The highest BCUT2D eigenvalue weighted by Gasteiger charge is 2.11. The van der Waals surface area contributed by atoms with Gasteiger partial charge in [0.1, 0.15) is 0 Å². The zero-order valence-corrected chi connectivity index (χ0v) is 29.9. The van der Waals surface area contributed by atoms with E-state index < -0.39 is 0 Å². The maximum absolute atomic E-state index is 2.55. The SMILES string of the molecule is CCCCN(CCCC)c1ccc(/C=C/c2c3ccccc3c(/C=C/c3ccc(N(CCCC)CCCC)cc3)c3ccccc23)cc1. The van der Waals surface area contributed by atoms with Crippen LogP contribution in [0.1, 0.15) is 101 Å². The molecule has 0 amide bonds. The Morgan fingerprint density at radius 2 is 0.667 bits per heavy atom. The minimum absolute atomic E-state index is 1.13. The first-order valence-electron chi connectivity index (χ1n) is 18.7. The highest BCUT2D eigenvalue weighted by molar-refractivity contribution is 6.14. The number of fused-ring (bicyclic) bond motifs is 2. The summed E-state index contributed by atoms with van der Waals surface area (Å²) in [5, 5.41) is 5.14. The van der Waals surface area contributed by atoms with Gasteiger partial charge in [-0.25, -0.2) is 0 Å². The Balaban J connectivity index is 1.44. The molecule has 5 rings (SSSR count). The Morgan fingerprint density at radius 1 is 0.375 bits per heavy atom. The van der Waals surface area contributed by atoms with Crippen molar-refractivity contribution in [3.63, 3.8) is 0 Å². The first-order chi connectivity index (χ1) is 23.7. The second-order valence-corrected chi connectivity index (χ2v) is 13.2. The van der Waals surface area contributed by atoms with E-state index in [0.717, 1.165) is 26.2 Å². The van der Waals surface area contributed by atoms with Crippen molar-refractivity contribution in [3.05, 3.63) is 119 Å². The lowest BCUT2D eigenvalue weighted by Gasteiger charge is -2.24. The van der Waals surface area contributed by atoms with E-state index in [1.54, 1.807) is 0 Å². The van der Waals surface area contributed by atoms with Crippen LogP contribution in [0.15, 0.2) is 97.1 Å². The van der Waals surface area contributed by atoms with Crippen LogP contribution in [0.5, 0.6) is 0 Å². The Morgan fingerprint density at radius 3 is 0.938 bits per heavy atom. The largest absolute Gasteiger partial charge is 0.372 e. The molecule has 0 saturated carbocycles. The van der Waals surface area contributed by atoms with Gasteiger partial charge in [-0.05, 0) is 93.7 Å². The van der Waals surface area contributed by atoms with Crippen molar-refractivity contribution in [1.29, 1.82) is 0 Å². The number of hydrogen-bond acceptors (Lipinski definition) is 2. The van der Waals surface area contributed by atoms with Crippen molar-refractivity contribution in [2.24, 2.45) is 0 Å². The molecule has 0 unspecified atom stereocenters. The molecule has 0 atom stereocenters. The van der Waals surface area contributed by atoms with E-state index in [0.29, 0.717) is 0 Å². The van der Waals surface area contributed by atoms with Crippen LogP contribution in [0.2, 0.25) is 0 Å². The van der Waals surface area contributed by atoms with Gasteiger partial charge in [0.2, 0.25) is 0 Å². The van der Waals surface area contributed by atoms with Gasteiger partial charge in [0.15, 0.2) is 0 Å². The molecule has 2 heteroatoms. The van der Waals surface area contributed by atoms with Crippen molar-refractivity contribution in [1.82, 2.24) is 0 Å². The molecule has 0 radical (unpaired) electrons. The van der Waals surface area contributed by atoms with Crippen LogP contribution >= 0.6 is 0 Å². The molecule has 0 saturated heterocycles. The van der Waals surface area contributed by atoms with Gasteiger partial charge in [0.05, 0.1) is 0 Å². The fourth-order valence-electron chi connectivity index (χ4n) is 6.64. The van der Waals surface area contributed by atoms with Gasteiger partial charge in [0, 0.05) is 37.6 Å². The van der Waals surface area contributed by atoms with Crippen molar-refractivity contribution in [2.45, 2.75) is 79.1 Å². The highest BCUT2D eigenvalue weighted by atomic mass is 15.1. The second kappa shape index (κ2) is 18.3. The molecule has 0 aliphatic carbocycles. The quantitative estimate of drug-likeness (QED) is 0.0697. The molecule has 0 aromatic heterocycles. The molecule has 0 heterocycles. The first kappa shape index (κ1) is 35.0. The molecule has 0 N–H and O–H groups in total. The average Bonchev–Trinajstić information content (AvgIpc) is 3.14. The topological polar surface area (TPSA) is 6.48 Å². The molecule has 0 bridgehead atoms. The number of benzene rings is 5. The fraction of sp³-hybridized carbons (Fsp3) is 0.348. The summed E-state index contributed by atoms with van der Waals surface area (Å²) >= 11 is 0. The maximum Gasteiger partial charge on any atom is 0.0366 e. The van der Waals surface area contributed by atoms with E-state index in [2.05, 4.69) is 159 Å². The molecule has 48 heavy (non-hydrogen) atoms. The zero-order chi connectivity index (χ0) is 33.6. The van der Waals surface area contributed by atoms with Gasteiger partial charge >= 0.3 is 0 Å². The second-order valence-electron chi connectivity index (χ2n) is 13.2. The molecule has 2 nitrogen and oxygen atoms in total. The van der Waals surface area contributed by atoms with Gasteiger partial charge in [0.25, 0.3) is 0 Å². The molecular formula is C46H56N2. The van der Waals surface area contributed by atoms with Crippen molar-refractivity contribution in [2.75, 3.05) is 36.0 Å². The maximum atomic E-state index is 2.55. The number of hydrogen-bond donors (Lipinski definition) is 0. The summed E-state index contributed by atoms with van der Waals surface area (Å²) in [5.74, 6) is 0. The molecule has 0 spiro atoms. The molecule has 5 aromatic carbocycles. The van der Waals surface area contributed by atoms with Gasteiger partial charge in [-0.3, -0.25) is 0 Å². The van der Waals surface area contributed by atoms with E-state index in [9.17, 15) is 0 Å². The molecular weight excluding hydrogens is 581 g/mol. The monoisotopic (exact) mass is 636 g/mol. The number of anilines is 2. The summed E-state index contributed by atoms with van der Waals surface area (Å²) in [6, 6.07) is 36.1. The summed E-state index contributed by atoms with van der Waals surface area (Å²) < 4.78 is 0. The van der Waals surface area contributed by atoms with Crippen LogP contribution in [0, 0.1) is 0 Å². The third kappa shape index (κ3) is 8.98. The number of rotatable bonds is 18. The lowest BCUT2D eigenvalue weighted by molar-refractivity contribution is 0.678. The van der Waals surface area contributed by atoms with Gasteiger partial charge < -0.3 is 9.80 Å². The normalized spacial score (nSPS) is 11.8. The molecule has 0 aliphatic heterocycles. The molecule has 0 aliphatic rings. The fourth-order valence-corrected chi connectivity index (χ4v) is 6.64. The summed E-state index contributed by atoms with van der Waals surface area (Å²) in [6.07, 6.45) is 19.0. The van der Waals surface area contributed by atoms with E-state index >= 15 is 0 Å². The van der Waals surface area contributed by atoms with Crippen LogP contribution in [0.3, 0.4) is 0 Å². The van der Waals surface area contributed by atoms with Crippen molar-refractivity contribution >= 4 is 57.2 Å². The van der Waals surface area contributed by atoms with Gasteiger partial charge in [-0.1, -0.05) is 150 Å². The molecule has 5 aromatic rings. The molecule has 0 fully saturated rings. The number of unbranched alkanes of at least 4 members (excludes halogenated alkanes) is 4. The highest BCUT2D eigenvalue weighted by Crippen LogP contribution is 2.35. The molecule has 250 valence electrons. The van der Waals surface area contributed by atoms with E-state index in [4.69, 9.17) is 0 Å². The first-order valence-corrected chi connectivity index (χ1v) is 18.7. The Kier molecular flexibility index (Phi) is 13.3. The lowest BCUT2D eigenvalue weighted by Crippen LogP contribution is -2.25. The summed E-state index contributed by atoms with van der Waals surface area (Å²) in [5.41, 5.74) is 7.68. The third-order valence-electron chi connectivity index (χ3n) is 9.54. The van der Waals surface area contributed by atoms with Crippen molar-refractivity contribution < 1.29 is 0 Å². The van der Waals surface area contributed by atoms with Crippen LogP contribution in [-0.2, 0) is 0 Å². The standard InChI is InChI=1S/C46H56N2/c1-5-9-33-47(34-10-6-2)39-27-21-37(22-28-39)25-31-45-41-17-13-15-19-43(41)46(44-20-16-14-18-42(44)45)32-26-38-23-29-40(30-24-38)48(35-11-7-3)36-12-8-4/h13-32H,5-12,33-36H2,1-4H3/b31-25+,32-26+. The van der Waals surface area contributed by atoms with Crippen molar-refractivity contribution in [3.8, 4) is 0 Å². The van der Waals surface area contributed by atoms with Gasteiger partial charge in [-0.15, -0.1) is 0 Å². The average molecular weight is 637 g/mol. The lowest BCUT2D eigenvalue weighted by atomic mass is 9.91.